The summed E-state index contributed by atoms with van der Waals surface area (Å²) in [5.41, 5.74) is 6.54. The summed E-state index contributed by atoms with van der Waals surface area (Å²) in [4.78, 5) is 8.56. The van der Waals surface area contributed by atoms with Crippen LogP contribution in [-0.4, -0.2) is 15.7 Å². The van der Waals surface area contributed by atoms with Crippen LogP contribution in [0.5, 0.6) is 0 Å². The number of hydrazone groups is 1. The fourth-order valence-electron chi connectivity index (χ4n) is 2.63. The van der Waals surface area contributed by atoms with Crippen molar-refractivity contribution < 1.29 is 4.42 Å². The van der Waals surface area contributed by atoms with Gasteiger partial charge in [0, 0.05) is 11.1 Å². The zero-order valence-corrected chi connectivity index (χ0v) is 11.0. The highest BCUT2D eigenvalue weighted by atomic mass is 16.3. The average molecular weight is 266 g/mol. The first-order chi connectivity index (χ1) is 9.92. The maximum atomic E-state index is 5.84. The molecule has 1 saturated carbocycles. The largest absolute Gasteiger partial charge is 0.450 e. The maximum absolute atomic E-state index is 5.84. The van der Waals surface area contributed by atoms with Gasteiger partial charge in [-0.25, -0.2) is 9.97 Å². The van der Waals surface area contributed by atoms with Crippen molar-refractivity contribution in [2.75, 3.05) is 5.43 Å². The Morgan fingerprint density at radius 1 is 1.10 bits per heavy atom. The topological polar surface area (TPSA) is 63.3 Å². The van der Waals surface area contributed by atoms with Crippen molar-refractivity contribution in [1.82, 2.24) is 9.97 Å². The smallest absolute Gasteiger partial charge is 0.197 e. The lowest BCUT2D eigenvalue weighted by molar-refractivity contribution is 0.666. The molecule has 2 aromatic heterocycles. The second kappa shape index (κ2) is 4.59. The Kier molecular flexibility index (Phi) is 2.62. The highest BCUT2D eigenvalue weighted by Crippen LogP contribution is 2.30. The van der Waals surface area contributed by atoms with Crippen LogP contribution >= 0.6 is 0 Å². The number of benzene rings is 1. The van der Waals surface area contributed by atoms with Crippen molar-refractivity contribution >= 4 is 33.6 Å². The molecule has 1 N–H and O–H groups in total. The summed E-state index contributed by atoms with van der Waals surface area (Å²) in [6.07, 6.45) is 6.14. The minimum Gasteiger partial charge on any atom is -0.450 e. The predicted octanol–water partition coefficient (Wildman–Crippen LogP) is 3.72. The summed E-state index contributed by atoms with van der Waals surface area (Å²) in [5.74, 6) is 0.630. The van der Waals surface area contributed by atoms with Crippen LogP contribution in [0.15, 0.2) is 40.1 Å². The Labute approximate surface area is 115 Å². The van der Waals surface area contributed by atoms with Crippen LogP contribution in [0.3, 0.4) is 0 Å². The fourth-order valence-corrected chi connectivity index (χ4v) is 2.63. The first-order valence-electron chi connectivity index (χ1n) is 6.85. The number of nitrogens with one attached hydrogen (secondary N) is 1. The van der Waals surface area contributed by atoms with E-state index >= 15 is 0 Å². The van der Waals surface area contributed by atoms with Crippen molar-refractivity contribution in [2.24, 2.45) is 5.10 Å². The van der Waals surface area contributed by atoms with E-state index in [0.29, 0.717) is 11.4 Å². The van der Waals surface area contributed by atoms with Gasteiger partial charge < -0.3 is 4.42 Å². The number of nitrogens with zero attached hydrogens (tertiary/aromatic N) is 3. The Morgan fingerprint density at radius 3 is 2.85 bits per heavy atom. The third-order valence-corrected chi connectivity index (χ3v) is 3.66. The second-order valence-corrected chi connectivity index (χ2v) is 5.00. The van der Waals surface area contributed by atoms with Crippen molar-refractivity contribution in [3.63, 3.8) is 0 Å². The zero-order chi connectivity index (χ0) is 13.4. The average Bonchev–Trinajstić information content (AvgIpc) is 3.12. The molecule has 100 valence electrons. The molecule has 4 rings (SSSR count). The van der Waals surface area contributed by atoms with E-state index in [1.807, 2.05) is 24.3 Å². The van der Waals surface area contributed by atoms with E-state index in [2.05, 4.69) is 20.5 Å². The summed E-state index contributed by atoms with van der Waals surface area (Å²) in [6.45, 7) is 0. The van der Waals surface area contributed by atoms with Gasteiger partial charge in [0.1, 0.15) is 17.4 Å². The standard InChI is InChI=1S/C15H14N4O/c1-2-6-10(5-1)18-19-15-14-13(16-9-17-15)11-7-3-4-8-12(11)20-14/h3-4,7-9H,1-2,5-6H2,(H,16,17,19). The monoisotopic (exact) mass is 266 g/mol. The Hall–Kier alpha value is -2.43. The highest BCUT2D eigenvalue weighted by molar-refractivity contribution is 6.05. The Balaban J connectivity index is 1.81. The third-order valence-electron chi connectivity index (χ3n) is 3.66. The van der Waals surface area contributed by atoms with E-state index in [9.17, 15) is 0 Å². The van der Waals surface area contributed by atoms with Crippen molar-refractivity contribution in [2.45, 2.75) is 25.7 Å². The lowest BCUT2D eigenvalue weighted by atomic mass is 10.2. The number of anilines is 1. The van der Waals surface area contributed by atoms with Gasteiger partial charge in [-0.15, -0.1) is 0 Å². The summed E-state index contributed by atoms with van der Waals surface area (Å²) in [7, 11) is 0. The van der Waals surface area contributed by atoms with Gasteiger partial charge in [-0.1, -0.05) is 12.1 Å². The number of hydrogen-bond acceptors (Lipinski definition) is 5. The molecule has 1 fully saturated rings. The normalized spacial score (nSPS) is 15.1. The molecule has 5 nitrogen and oxygen atoms in total. The van der Waals surface area contributed by atoms with Crippen LogP contribution in [0.1, 0.15) is 25.7 Å². The molecule has 0 aliphatic heterocycles. The molecular weight excluding hydrogens is 252 g/mol. The van der Waals surface area contributed by atoms with Crippen LogP contribution < -0.4 is 5.43 Å². The molecule has 0 saturated heterocycles. The molecule has 0 radical (unpaired) electrons. The summed E-state index contributed by atoms with van der Waals surface area (Å²) in [5, 5.41) is 5.43. The van der Waals surface area contributed by atoms with Gasteiger partial charge in [0.15, 0.2) is 11.4 Å². The molecule has 5 heteroatoms. The van der Waals surface area contributed by atoms with Crippen LogP contribution in [0.25, 0.3) is 22.1 Å². The van der Waals surface area contributed by atoms with Crippen LogP contribution in [0, 0.1) is 0 Å². The van der Waals surface area contributed by atoms with Crippen LogP contribution in [0.2, 0.25) is 0 Å². The molecule has 1 aromatic carbocycles. The zero-order valence-electron chi connectivity index (χ0n) is 11.0. The number of aromatic nitrogens is 2. The molecule has 0 spiro atoms. The molecule has 1 aliphatic rings. The van der Waals surface area contributed by atoms with Crippen LogP contribution in [0.4, 0.5) is 5.82 Å². The lowest BCUT2D eigenvalue weighted by Crippen LogP contribution is -1.98. The van der Waals surface area contributed by atoms with Gasteiger partial charge >= 0.3 is 0 Å². The van der Waals surface area contributed by atoms with Crippen molar-refractivity contribution in [1.29, 1.82) is 0 Å². The fraction of sp³-hybridized carbons (Fsp3) is 0.267. The van der Waals surface area contributed by atoms with Gasteiger partial charge in [-0.2, -0.15) is 5.10 Å². The number of hydrogen-bond donors (Lipinski definition) is 1. The van der Waals surface area contributed by atoms with Gasteiger partial charge in [0.05, 0.1) is 0 Å². The highest BCUT2D eigenvalue weighted by Gasteiger charge is 2.13. The van der Waals surface area contributed by atoms with Gasteiger partial charge in [-0.05, 0) is 37.8 Å². The summed E-state index contributed by atoms with van der Waals surface area (Å²) < 4.78 is 5.84. The summed E-state index contributed by atoms with van der Waals surface area (Å²) >= 11 is 0. The van der Waals surface area contributed by atoms with Gasteiger partial charge in [0.25, 0.3) is 0 Å². The SMILES string of the molecule is c1ccc2c(c1)oc1c(NN=C3CCCC3)ncnc12. The maximum Gasteiger partial charge on any atom is 0.197 e. The Morgan fingerprint density at radius 2 is 1.95 bits per heavy atom. The van der Waals surface area contributed by atoms with Crippen molar-refractivity contribution in [3.05, 3.63) is 30.6 Å². The molecular formula is C15H14N4O. The van der Waals surface area contributed by atoms with Crippen molar-refractivity contribution in [3.8, 4) is 0 Å². The Bertz CT molecular complexity index is 798. The molecule has 1 aliphatic carbocycles. The predicted molar refractivity (Wildman–Crippen MR) is 78.8 cm³/mol. The van der Waals surface area contributed by atoms with Gasteiger partial charge in [0.2, 0.25) is 0 Å². The lowest BCUT2D eigenvalue weighted by Gasteiger charge is -2.00. The molecule has 3 aromatic rings. The van der Waals surface area contributed by atoms with Crippen LogP contribution in [-0.2, 0) is 0 Å². The molecule has 0 unspecified atom stereocenters. The molecule has 0 amide bonds. The summed E-state index contributed by atoms with van der Waals surface area (Å²) in [6, 6.07) is 7.86. The molecule has 0 bridgehead atoms. The number of rotatable bonds is 2. The van der Waals surface area contributed by atoms with E-state index in [0.717, 1.165) is 29.3 Å². The second-order valence-electron chi connectivity index (χ2n) is 5.00. The van der Waals surface area contributed by atoms with E-state index in [-0.39, 0.29) is 0 Å². The third kappa shape index (κ3) is 1.82. The molecule has 2 heterocycles. The van der Waals surface area contributed by atoms with E-state index < -0.39 is 0 Å². The first-order valence-corrected chi connectivity index (χ1v) is 6.85. The number of fused-ring (bicyclic) bond motifs is 3. The van der Waals surface area contributed by atoms with Gasteiger partial charge in [-0.3, -0.25) is 5.43 Å². The quantitative estimate of drug-likeness (QED) is 0.718. The molecule has 0 atom stereocenters. The minimum absolute atomic E-state index is 0.630. The minimum atomic E-state index is 0.630. The molecule has 20 heavy (non-hydrogen) atoms. The first kappa shape index (κ1) is 11.4. The number of furan rings is 1. The number of para-hydroxylation sites is 1. The van der Waals surface area contributed by atoms with E-state index in [1.165, 1.54) is 18.6 Å². The van der Waals surface area contributed by atoms with E-state index in [4.69, 9.17) is 4.42 Å². The van der Waals surface area contributed by atoms with E-state index in [1.54, 1.807) is 6.33 Å².